The van der Waals surface area contributed by atoms with Crippen LogP contribution >= 0.6 is 0 Å². The van der Waals surface area contributed by atoms with E-state index in [-0.39, 0.29) is 23.3 Å². The second-order valence-electron chi connectivity index (χ2n) is 14.8. The van der Waals surface area contributed by atoms with Gasteiger partial charge in [-0.25, -0.2) is 0 Å². The van der Waals surface area contributed by atoms with E-state index in [1.807, 2.05) is 6.07 Å². The van der Waals surface area contributed by atoms with E-state index in [0.717, 1.165) is 70.3 Å². The molecule has 3 aromatic carbocycles. The lowest BCUT2D eigenvalue weighted by atomic mass is 9.51. The molecule has 4 aliphatic rings. The zero-order chi connectivity index (χ0) is 33.1. The van der Waals surface area contributed by atoms with Crippen molar-refractivity contribution < 1.29 is 19.1 Å². The van der Waals surface area contributed by atoms with E-state index in [0.29, 0.717) is 30.3 Å². The predicted octanol–water partition coefficient (Wildman–Crippen LogP) is 7.35. The highest BCUT2D eigenvalue weighted by Gasteiger charge is 2.66. The zero-order valence-electron chi connectivity index (χ0n) is 28.9. The number of carbonyl (C=O) groups is 2. The maximum atomic E-state index is 12.4. The van der Waals surface area contributed by atoms with Crippen molar-refractivity contribution in [3.63, 3.8) is 0 Å². The summed E-state index contributed by atoms with van der Waals surface area (Å²) in [6, 6.07) is 26.5. The smallest absolute Gasteiger partial charge is 0.308 e. The summed E-state index contributed by atoms with van der Waals surface area (Å²) < 4.78 is 13.0. The maximum Gasteiger partial charge on any atom is 0.308 e. The van der Waals surface area contributed by atoms with E-state index in [2.05, 4.69) is 76.5 Å². The molecular weight excluding hydrogens is 596 g/mol. The van der Waals surface area contributed by atoms with Gasteiger partial charge in [0.15, 0.2) is 11.5 Å². The molecule has 48 heavy (non-hydrogen) atoms. The average molecular weight is 649 g/mol. The third-order valence-corrected chi connectivity index (χ3v) is 11.8. The predicted molar refractivity (Wildman–Crippen MR) is 190 cm³/mol. The van der Waals surface area contributed by atoms with Gasteiger partial charge in [0.25, 0.3) is 0 Å². The number of rotatable bonds is 15. The average Bonchev–Trinajstić information content (AvgIpc) is 3.43. The Balaban J connectivity index is 1.13. The molecule has 2 fully saturated rings. The number of likely N-dealkylation sites (tertiary alicyclic amines) is 1. The first-order valence-corrected chi connectivity index (χ1v) is 18.5. The normalized spacial score (nSPS) is 25.4. The number of esters is 1. The minimum absolute atomic E-state index is 0.0128. The molecule has 0 amide bonds. The summed E-state index contributed by atoms with van der Waals surface area (Å²) in [6.45, 7) is 6.74. The van der Waals surface area contributed by atoms with Crippen LogP contribution in [-0.2, 0) is 34.3 Å². The number of ketones is 1. The summed E-state index contributed by atoms with van der Waals surface area (Å²) in [5, 5.41) is 0. The number of aryl methyl sites for hydroxylation is 2. The summed E-state index contributed by atoms with van der Waals surface area (Å²) in [5.74, 6) is 1.74. The van der Waals surface area contributed by atoms with E-state index in [1.54, 1.807) is 6.92 Å². The number of nitrogens with zero attached hydrogens (tertiary/aromatic N) is 2. The number of carbonyl (C=O) groups excluding carboxylic acids is 2. The van der Waals surface area contributed by atoms with Gasteiger partial charge in [-0.15, -0.1) is 0 Å². The first kappa shape index (κ1) is 33.0. The molecule has 3 aromatic rings. The summed E-state index contributed by atoms with van der Waals surface area (Å²) in [7, 11) is 0. The number of hydrogen-bond acceptors (Lipinski definition) is 6. The quantitative estimate of drug-likeness (QED) is 0.0977. The molecule has 0 radical (unpaired) electrons. The molecule has 1 saturated carbocycles. The molecule has 2 aliphatic heterocycles. The Morgan fingerprint density at radius 2 is 1.54 bits per heavy atom. The van der Waals surface area contributed by atoms with Crippen LogP contribution in [-0.4, -0.2) is 65.9 Å². The van der Waals surface area contributed by atoms with E-state index in [1.165, 1.54) is 54.9 Å². The van der Waals surface area contributed by atoms with Gasteiger partial charge < -0.3 is 9.47 Å². The highest BCUT2D eigenvalue weighted by Crippen LogP contribution is 2.64. The summed E-state index contributed by atoms with van der Waals surface area (Å²) in [4.78, 5) is 29.8. The fraction of sp³-hybridized carbons (Fsp3) is 0.524. The number of piperidine rings is 1. The maximum absolute atomic E-state index is 12.4. The monoisotopic (exact) mass is 648 g/mol. The molecule has 0 N–H and O–H groups in total. The standard InChI is InChI=1S/C42H52N2O4/c1-30(45)29-44-27-24-42-35-21-22-36(41(42)48-40-38(47-31(2)46)23-20-34(39(40)42)28-37(35)44)43(26-13-19-33-17-10-6-11-18-33)25-12-4-3-7-14-32-15-8-5-9-16-32/h5-6,8-11,15-18,20,23,35-37,41H,3-4,7,12-14,19,21-22,24-29H2,1-2H3/t35-,36+,37+,41-,42-/m0/s1. The Kier molecular flexibility index (Phi) is 10.0. The molecule has 6 heteroatoms. The van der Waals surface area contributed by atoms with E-state index in [9.17, 15) is 9.59 Å². The van der Waals surface area contributed by atoms with Crippen molar-refractivity contribution >= 4 is 11.8 Å². The van der Waals surface area contributed by atoms with Gasteiger partial charge in [0, 0.05) is 30.0 Å². The molecule has 7 rings (SSSR count). The Bertz CT molecular complexity index is 1580. The van der Waals surface area contributed by atoms with Crippen LogP contribution in [0.5, 0.6) is 11.5 Å². The molecule has 2 bridgehead atoms. The summed E-state index contributed by atoms with van der Waals surface area (Å²) in [5.41, 5.74) is 5.33. The van der Waals surface area contributed by atoms with Crippen molar-refractivity contribution in [2.24, 2.45) is 5.92 Å². The van der Waals surface area contributed by atoms with Crippen LogP contribution in [0, 0.1) is 5.92 Å². The SMILES string of the molecule is CC(=O)CN1CC[C@]23c4c5ccc(OC(C)=O)c4O[C@H]2[C@H](N(CCCCCCc2ccccc2)CCCc2ccccc2)CC[C@H]3[C@H]1C5. The Hall–Kier alpha value is -3.48. The van der Waals surface area contributed by atoms with Crippen molar-refractivity contribution in [1.82, 2.24) is 9.80 Å². The van der Waals surface area contributed by atoms with Crippen LogP contribution in [0.3, 0.4) is 0 Å². The van der Waals surface area contributed by atoms with Gasteiger partial charge >= 0.3 is 5.97 Å². The molecule has 2 aliphatic carbocycles. The summed E-state index contributed by atoms with van der Waals surface area (Å²) >= 11 is 0. The van der Waals surface area contributed by atoms with Gasteiger partial charge in [0.05, 0.1) is 6.54 Å². The van der Waals surface area contributed by atoms with Crippen molar-refractivity contribution in [1.29, 1.82) is 0 Å². The molecular formula is C42H52N2O4. The molecule has 254 valence electrons. The van der Waals surface area contributed by atoms with Gasteiger partial charge in [0.2, 0.25) is 0 Å². The number of Topliss-reactive ketones (excluding diaryl/α,β-unsaturated/α-hetero) is 1. The van der Waals surface area contributed by atoms with Crippen LogP contribution < -0.4 is 9.47 Å². The lowest BCUT2D eigenvalue weighted by molar-refractivity contribution is -0.132. The highest BCUT2D eigenvalue weighted by atomic mass is 16.6. The Labute approximate surface area is 286 Å². The largest absolute Gasteiger partial charge is 0.484 e. The molecule has 5 atom stereocenters. The topological polar surface area (TPSA) is 59.1 Å². The second kappa shape index (κ2) is 14.6. The minimum atomic E-state index is -0.310. The number of unbranched alkanes of at least 4 members (excludes halogenated alkanes) is 3. The second-order valence-corrected chi connectivity index (χ2v) is 14.8. The summed E-state index contributed by atoms with van der Waals surface area (Å²) in [6.07, 6.45) is 12.4. The fourth-order valence-electron chi connectivity index (χ4n) is 9.90. The zero-order valence-corrected chi connectivity index (χ0v) is 28.9. The molecule has 6 nitrogen and oxygen atoms in total. The van der Waals surface area contributed by atoms with Gasteiger partial charge in [0.1, 0.15) is 11.9 Å². The molecule has 2 heterocycles. The number of hydrogen-bond donors (Lipinski definition) is 0. The van der Waals surface area contributed by atoms with Crippen molar-refractivity contribution in [2.75, 3.05) is 26.2 Å². The van der Waals surface area contributed by atoms with Crippen molar-refractivity contribution in [3.8, 4) is 11.5 Å². The van der Waals surface area contributed by atoms with E-state index >= 15 is 0 Å². The molecule has 0 aromatic heterocycles. The van der Waals surface area contributed by atoms with E-state index < -0.39 is 0 Å². The lowest BCUT2D eigenvalue weighted by Crippen LogP contribution is -2.69. The van der Waals surface area contributed by atoms with Crippen molar-refractivity contribution in [3.05, 3.63) is 95.1 Å². The lowest BCUT2D eigenvalue weighted by Gasteiger charge is -2.60. The molecule has 1 saturated heterocycles. The van der Waals surface area contributed by atoms with Gasteiger partial charge in [-0.1, -0.05) is 79.6 Å². The van der Waals surface area contributed by atoms with Crippen LogP contribution in [0.25, 0.3) is 0 Å². The van der Waals surface area contributed by atoms with Crippen LogP contribution in [0.15, 0.2) is 72.8 Å². The van der Waals surface area contributed by atoms with Crippen LogP contribution in [0.4, 0.5) is 0 Å². The number of benzene rings is 3. The van der Waals surface area contributed by atoms with Crippen LogP contribution in [0.2, 0.25) is 0 Å². The van der Waals surface area contributed by atoms with E-state index in [4.69, 9.17) is 9.47 Å². The Morgan fingerprint density at radius 1 is 0.854 bits per heavy atom. The van der Waals surface area contributed by atoms with Gasteiger partial charge in [-0.3, -0.25) is 19.4 Å². The number of ether oxygens (including phenoxy) is 2. The first-order chi connectivity index (χ1) is 23.4. The highest BCUT2D eigenvalue weighted by molar-refractivity contribution is 5.78. The van der Waals surface area contributed by atoms with Gasteiger partial charge in [-0.05, 0) is 113 Å². The third kappa shape index (κ3) is 6.58. The fourth-order valence-corrected chi connectivity index (χ4v) is 9.90. The third-order valence-electron chi connectivity index (χ3n) is 11.8. The van der Waals surface area contributed by atoms with Crippen LogP contribution in [0.1, 0.15) is 87.5 Å². The first-order valence-electron chi connectivity index (χ1n) is 18.5. The van der Waals surface area contributed by atoms with Crippen molar-refractivity contribution in [2.45, 2.75) is 108 Å². The Morgan fingerprint density at radius 3 is 2.25 bits per heavy atom. The molecule has 1 spiro atoms. The molecule has 0 unspecified atom stereocenters. The minimum Gasteiger partial charge on any atom is -0.484 e. The van der Waals surface area contributed by atoms with Gasteiger partial charge in [-0.2, -0.15) is 0 Å².